The van der Waals surface area contributed by atoms with E-state index in [0.29, 0.717) is 11.4 Å². The van der Waals surface area contributed by atoms with Gasteiger partial charge in [-0.05, 0) is 38.3 Å². The fraction of sp³-hybridized carbons (Fsp3) is 0.714. The molecule has 120 valence electrons. The Morgan fingerprint density at radius 3 is 3.00 bits per heavy atom. The van der Waals surface area contributed by atoms with Crippen molar-refractivity contribution >= 4 is 21.4 Å². The molecular weight excluding hydrogens is 308 g/mol. The van der Waals surface area contributed by atoms with Gasteiger partial charge in [0, 0.05) is 30.0 Å². The summed E-state index contributed by atoms with van der Waals surface area (Å²) in [6.45, 7) is 5.02. The molecule has 1 aromatic rings. The third-order valence-corrected chi connectivity index (χ3v) is 5.97. The Morgan fingerprint density at radius 1 is 1.43 bits per heavy atom. The maximum Gasteiger partial charge on any atom is 0.241 e. The number of hydrogen-bond donors (Lipinski definition) is 2. The van der Waals surface area contributed by atoms with Crippen LogP contribution in [-0.4, -0.2) is 34.2 Å². The lowest BCUT2D eigenvalue weighted by Crippen LogP contribution is -2.27. The predicted molar refractivity (Wildman–Crippen MR) is 85.1 cm³/mol. The van der Waals surface area contributed by atoms with Gasteiger partial charge in [-0.25, -0.2) is 13.1 Å². The summed E-state index contributed by atoms with van der Waals surface area (Å²) in [6, 6.07) is 1.75. The smallest absolute Gasteiger partial charge is 0.241 e. The molecule has 0 aliphatic carbocycles. The number of hydrogen-bond acceptors (Lipinski definition) is 5. The van der Waals surface area contributed by atoms with Crippen LogP contribution in [0.1, 0.15) is 37.5 Å². The minimum absolute atomic E-state index is 0.212. The van der Waals surface area contributed by atoms with E-state index in [-0.39, 0.29) is 6.10 Å². The van der Waals surface area contributed by atoms with Gasteiger partial charge in [0.1, 0.15) is 0 Å². The molecular formula is C14H24N2O3S2. The molecule has 1 aromatic heterocycles. The summed E-state index contributed by atoms with van der Waals surface area (Å²) in [5, 5.41) is 4.98. The fourth-order valence-corrected chi connectivity index (χ4v) is 4.58. The first-order valence-corrected chi connectivity index (χ1v) is 9.87. The van der Waals surface area contributed by atoms with Crippen LogP contribution in [0.2, 0.25) is 0 Å². The lowest BCUT2D eigenvalue weighted by molar-refractivity contribution is 0.105. The largest absolute Gasteiger partial charge is 0.378 e. The average Bonchev–Trinajstić information content (AvgIpc) is 3.10. The maximum atomic E-state index is 12.2. The quantitative estimate of drug-likeness (QED) is 0.680. The van der Waals surface area contributed by atoms with E-state index >= 15 is 0 Å². The lowest BCUT2D eigenvalue weighted by atomic mass is 10.2. The van der Waals surface area contributed by atoms with Gasteiger partial charge < -0.3 is 10.1 Å². The third-order valence-electron chi connectivity index (χ3n) is 3.45. The van der Waals surface area contributed by atoms with Crippen LogP contribution < -0.4 is 10.0 Å². The Morgan fingerprint density at radius 2 is 2.29 bits per heavy atom. The molecule has 2 rings (SSSR count). The molecule has 7 heteroatoms. The highest BCUT2D eigenvalue weighted by atomic mass is 32.2. The molecule has 0 saturated carbocycles. The van der Waals surface area contributed by atoms with Gasteiger partial charge in [0.2, 0.25) is 10.0 Å². The van der Waals surface area contributed by atoms with E-state index in [1.54, 1.807) is 11.4 Å². The van der Waals surface area contributed by atoms with Gasteiger partial charge in [-0.1, -0.05) is 6.92 Å². The lowest BCUT2D eigenvalue weighted by Gasteiger charge is -2.09. The summed E-state index contributed by atoms with van der Waals surface area (Å²) < 4.78 is 32.5. The molecule has 2 heterocycles. The highest BCUT2D eigenvalue weighted by molar-refractivity contribution is 7.89. The van der Waals surface area contributed by atoms with Gasteiger partial charge in [0.15, 0.2) is 0 Å². The summed E-state index contributed by atoms with van der Waals surface area (Å²) in [7, 11) is -3.38. The topological polar surface area (TPSA) is 67.4 Å². The van der Waals surface area contributed by atoms with Crippen molar-refractivity contribution in [1.29, 1.82) is 0 Å². The molecule has 1 aliphatic rings. The highest BCUT2D eigenvalue weighted by Crippen LogP contribution is 2.19. The number of ether oxygens (including phenoxy) is 1. The summed E-state index contributed by atoms with van der Waals surface area (Å²) in [5.41, 5.74) is 0. The molecule has 1 saturated heterocycles. The van der Waals surface area contributed by atoms with Gasteiger partial charge in [-0.2, -0.15) is 0 Å². The van der Waals surface area contributed by atoms with Crippen molar-refractivity contribution in [1.82, 2.24) is 10.0 Å². The van der Waals surface area contributed by atoms with Crippen molar-refractivity contribution in [2.24, 2.45) is 0 Å². The van der Waals surface area contributed by atoms with E-state index in [2.05, 4.69) is 17.0 Å². The second kappa shape index (κ2) is 8.24. The summed E-state index contributed by atoms with van der Waals surface area (Å²) in [4.78, 5) is 1.41. The monoisotopic (exact) mass is 332 g/mol. The van der Waals surface area contributed by atoms with Gasteiger partial charge in [-0.3, -0.25) is 0 Å². The predicted octanol–water partition coefficient (Wildman–Crippen LogP) is 2.10. The van der Waals surface area contributed by atoms with Crippen LogP contribution in [0.25, 0.3) is 0 Å². The molecule has 0 spiro atoms. The van der Waals surface area contributed by atoms with Gasteiger partial charge >= 0.3 is 0 Å². The maximum absolute atomic E-state index is 12.2. The van der Waals surface area contributed by atoms with Crippen molar-refractivity contribution in [2.75, 3.05) is 19.7 Å². The number of thiophene rings is 1. The molecule has 0 amide bonds. The standard InChI is InChI=1S/C14H24N2O3S2/c1-2-6-15-10-13-9-14(11-20-13)21(17,18)16-7-5-12-4-3-8-19-12/h9,11-12,15-16H,2-8,10H2,1H3. The molecule has 1 atom stereocenters. The first-order valence-electron chi connectivity index (χ1n) is 7.51. The van der Waals surface area contributed by atoms with E-state index < -0.39 is 10.0 Å². The van der Waals surface area contributed by atoms with Crippen molar-refractivity contribution in [3.05, 3.63) is 16.3 Å². The second-order valence-electron chi connectivity index (χ2n) is 5.25. The Kier molecular flexibility index (Phi) is 6.63. The molecule has 0 radical (unpaired) electrons. The van der Waals surface area contributed by atoms with Crippen molar-refractivity contribution in [2.45, 2.75) is 50.2 Å². The first-order chi connectivity index (χ1) is 10.1. The zero-order valence-corrected chi connectivity index (χ0v) is 14.1. The van der Waals surface area contributed by atoms with Gasteiger partial charge in [-0.15, -0.1) is 11.3 Å². The SMILES string of the molecule is CCCNCc1cc(S(=O)(=O)NCCC2CCCO2)cs1. The molecule has 1 aliphatic heterocycles. The molecule has 21 heavy (non-hydrogen) atoms. The first kappa shape index (κ1) is 16.9. The van der Waals surface area contributed by atoms with E-state index in [9.17, 15) is 8.42 Å². The van der Waals surface area contributed by atoms with Crippen molar-refractivity contribution in [3.8, 4) is 0 Å². The molecule has 1 unspecified atom stereocenters. The molecule has 2 N–H and O–H groups in total. The Balaban J connectivity index is 1.80. The fourth-order valence-electron chi connectivity index (χ4n) is 2.29. The number of nitrogens with one attached hydrogen (secondary N) is 2. The molecule has 0 bridgehead atoms. The Labute approximate surface area is 131 Å². The van der Waals surface area contributed by atoms with Crippen molar-refractivity contribution < 1.29 is 13.2 Å². The normalized spacial score (nSPS) is 19.2. The Bertz CT molecular complexity index is 522. The van der Waals surface area contributed by atoms with Crippen LogP contribution in [0.4, 0.5) is 0 Å². The molecule has 1 fully saturated rings. The van der Waals surface area contributed by atoms with E-state index in [1.165, 1.54) is 11.3 Å². The minimum atomic E-state index is -3.38. The van der Waals surface area contributed by atoms with Crippen molar-refractivity contribution in [3.63, 3.8) is 0 Å². The van der Waals surface area contributed by atoms with Crippen LogP contribution in [0.3, 0.4) is 0 Å². The second-order valence-corrected chi connectivity index (χ2v) is 8.01. The number of sulfonamides is 1. The minimum Gasteiger partial charge on any atom is -0.378 e. The molecule has 0 aromatic carbocycles. The summed E-state index contributed by atoms with van der Waals surface area (Å²) in [5.74, 6) is 0. The Hall–Kier alpha value is -0.470. The van der Waals surface area contributed by atoms with Crippen LogP contribution >= 0.6 is 11.3 Å². The van der Waals surface area contributed by atoms with E-state index in [1.807, 2.05) is 0 Å². The van der Waals surface area contributed by atoms with E-state index in [0.717, 1.165) is 50.3 Å². The zero-order chi connectivity index (χ0) is 15.1. The van der Waals surface area contributed by atoms with Crippen LogP contribution in [0.15, 0.2) is 16.3 Å². The van der Waals surface area contributed by atoms with Gasteiger partial charge in [0.25, 0.3) is 0 Å². The summed E-state index contributed by atoms with van der Waals surface area (Å²) in [6.07, 6.45) is 4.14. The summed E-state index contributed by atoms with van der Waals surface area (Å²) >= 11 is 1.48. The number of rotatable bonds is 9. The van der Waals surface area contributed by atoms with E-state index in [4.69, 9.17) is 4.74 Å². The zero-order valence-electron chi connectivity index (χ0n) is 12.4. The van der Waals surface area contributed by atoms with Crippen LogP contribution in [-0.2, 0) is 21.3 Å². The average molecular weight is 332 g/mol. The molecule has 5 nitrogen and oxygen atoms in total. The van der Waals surface area contributed by atoms with Crippen LogP contribution in [0, 0.1) is 0 Å². The third kappa shape index (κ3) is 5.34. The van der Waals surface area contributed by atoms with Gasteiger partial charge in [0.05, 0.1) is 11.0 Å². The highest BCUT2D eigenvalue weighted by Gasteiger charge is 2.19. The van der Waals surface area contributed by atoms with Crippen LogP contribution in [0.5, 0.6) is 0 Å².